The van der Waals surface area contributed by atoms with Crippen molar-refractivity contribution >= 4 is 18.2 Å². The van der Waals surface area contributed by atoms with Gasteiger partial charge in [0.15, 0.2) is 0 Å². The van der Waals surface area contributed by atoms with Crippen molar-refractivity contribution in [3.63, 3.8) is 0 Å². The average molecular weight is 239 g/mol. The number of likely N-dealkylation sites (tertiary alicyclic amines) is 1. The minimum atomic E-state index is -0.301. The molecule has 2 rings (SSSR count). The molecule has 0 bridgehead atoms. The maximum atomic E-state index is 12.2. The number of carbonyl (C=O) groups is 3. The highest BCUT2D eigenvalue weighted by Crippen LogP contribution is 2.19. The minimum absolute atomic E-state index is 0.0175. The Kier molecular flexibility index (Phi) is 3.31. The van der Waals surface area contributed by atoms with E-state index in [9.17, 15) is 14.4 Å². The largest absolute Gasteiger partial charge is 0.342 e. The van der Waals surface area contributed by atoms with Crippen LogP contribution in [0.25, 0.3) is 0 Å². The normalized spacial score (nSPS) is 25.4. The Morgan fingerprint density at radius 3 is 2.41 bits per heavy atom. The van der Waals surface area contributed by atoms with Crippen LogP contribution >= 0.6 is 0 Å². The van der Waals surface area contributed by atoms with E-state index in [2.05, 4.69) is 0 Å². The fraction of sp³-hybridized carbons (Fsp3) is 0.727. The molecule has 6 nitrogen and oxygen atoms in total. The summed E-state index contributed by atoms with van der Waals surface area (Å²) in [5, 5.41) is 0. The SMILES string of the molecule is CN1C(=O)CCC1C(=O)N1CCN(C=O)CC1. The zero-order valence-electron chi connectivity index (χ0n) is 9.96. The van der Waals surface area contributed by atoms with Gasteiger partial charge in [0.05, 0.1) is 0 Å². The molecular formula is C11H17N3O3. The second kappa shape index (κ2) is 4.73. The number of hydrogen-bond donors (Lipinski definition) is 0. The first-order valence-electron chi connectivity index (χ1n) is 5.87. The van der Waals surface area contributed by atoms with Gasteiger partial charge in [0.2, 0.25) is 18.2 Å². The van der Waals surface area contributed by atoms with E-state index < -0.39 is 0 Å². The second-order valence-electron chi connectivity index (χ2n) is 4.53. The Labute approximate surface area is 100 Å². The van der Waals surface area contributed by atoms with E-state index in [4.69, 9.17) is 0 Å². The topological polar surface area (TPSA) is 60.9 Å². The first kappa shape index (κ1) is 11.9. The highest BCUT2D eigenvalue weighted by atomic mass is 16.2. The number of likely N-dealkylation sites (N-methyl/N-ethyl adjacent to an activating group) is 1. The van der Waals surface area contributed by atoms with Gasteiger partial charge in [-0.2, -0.15) is 0 Å². The standard InChI is InChI=1S/C11H17N3O3/c1-12-9(2-3-10(12)16)11(17)14-6-4-13(8-15)5-7-14/h8-9H,2-7H2,1H3. The summed E-state index contributed by atoms with van der Waals surface area (Å²) in [6.07, 6.45) is 1.89. The zero-order valence-corrected chi connectivity index (χ0v) is 9.96. The molecule has 2 aliphatic heterocycles. The molecule has 2 saturated heterocycles. The molecule has 0 aromatic rings. The Morgan fingerprint density at radius 2 is 1.94 bits per heavy atom. The molecule has 0 N–H and O–H groups in total. The predicted molar refractivity (Wildman–Crippen MR) is 60.0 cm³/mol. The summed E-state index contributed by atoms with van der Waals surface area (Å²) in [6.45, 7) is 2.30. The van der Waals surface area contributed by atoms with Crippen molar-refractivity contribution in [3.05, 3.63) is 0 Å². The van der Waals surface area contributed by atoms with Crippen molar-refractivity contribution in [2.24, 2.45) is 0 Å². The number of rotatable bonds is 2. The fourth-order valence-corrected chi connectivity index (χ4v) is 2.35. The van der Waals surface area contributed by atoms with Gasteiger partial charge in [-0.3, -0.25) is 14.4 Å². The van der Waals surface area contributed by atoms with E-state index >= 15 is 0 Å². The molecule has 0 spiro atoms. The van der Waals surface area contributed by atoms with Crippen LogP contribution in [0.4, 0.5) is 0 Å². The van der Waals surface area contributed by atoms with Gasteiger partial charge in [-0.25, -0.2) is 0 Å². The Bertz CT molecular complexity index is 337. The van der Waals surface area contributed by atoms with Crippen LogP contribution < -0.4 is 0 Å². The Hall–Kier alpha value is -1.59. The zero-order chi connectivity index (χ0) is 12.4. The van der Waals surface area contributed by atoms with Crippen LogP contribution in [-0.4, -0.2) is 72.2 Å². The van der Waals surface area contributed by atoms with Crippen LogP contribution in [0.1, 0.15) is 12.8 Å². The molecule has 0 aromatic carbocycles. The summed E-state index contributed by atoms with van der Waals surface area (Å²) < 4.78 is 0. The summed E-state index contributed by atoms with van der Waals surface area (Å²) in [4.78, 5) is 39.1. The van der Waals surface area contributed by atoms with Gasteiger partial charge in [0.1, 0.15) is 6.04 Å². The van der Waals surface area contributed by atoms with E-state index in [1.54, 1.807) is 16.8 Å². The average Bonchev–Trinajstić information content (AvgIpc) is 2.69. The lowest BCUT2D eigenvalue weighted by Crippen LogP contribution is -2.53. The molecular weight excluding hydrogens is 222 g/mol. The molecule has 0 aliphatic carbocycles. The van der Waals surface area contributed by atoms with Crippen LogP contribution in [0, 0.1) is 0 Å². The predicted octanol–water partition coefficient (Wildman–Crippen LogP) is -1.09. The highest BCUT2D eigenvalue weighted by molar-refractivity contribution is 5.90. The van der Waals surface area contributed by atoms with E-state index in [1.807, 2.05) is 0 Å². The lowest BCUT2D eigenvalue weighted by molar-refractivity contribution is -0.142. The fourth-order valence-electron chi connectivity index (χ4n) is 2.35. The number of amides is 3. The summed E-state index contributed by atoms with van der Waals surface area (Å²) in [5.41, 5.74) is 0. The van der Waals surface area contributed by atoms with Crippen LogP contribution in [0.5, 0.6) is 0 Å². The lowest BCUT2D eigenvalue weighted by atomic mass is 10.2. The maximum Gasteiger partial charge on any atom is 0.245 e. The third-order valence-corrected chi connectivity index (χ3v) is 3.55. The van der Waals surface area contributed by atoms with Gasteiger partial charge in [0.25, 0.3) is 0 Å². The molecule has 1 unspecified atom stereocenters. The molecule has 17 heavy (non-hydrogen) atoms. The van der Waals surface area contributed by atoms with E-state index in [0.717, 1.165) is 6.41 Å². The van der Waals surface area contributed by atoms with Gasteiger partial charge in [-0.15, -0.1) is 0 Å². The molecule has 6 heteroatoms. The lowest BCUT2D eigenvalue weighted by Gasteiger charge is -2.35. The molecule has 0 saturated carbocycles. The highest BCUT2D eigenvalue weighted by Gasteiger charge is 2.36. The van der Waals surface area contributed by atoms with E-state index in [1.165, 1.54) is 4.90 Å². The molecule has 94 valence electrons. The maximum absolute atomic E-state index is 12.2. The number of nitrogens with zero attached hydrogens (tertiary/aromatic N) is 3. The first-order chi connectivity index (χ1) is 8.13. The van der Waals surface area contributed by atoms with Gasteiger partial charge in [-0.05, 0) is 6.42 Å². The quantitative estimate of drug-likeness (QED) is 0.575. The molecule has 0 aromatic heterocycles. The summed E-state index contributed by atoms with van der Waals surface area (Å²) in [6, 6.07) is -0.301. The van der Waals surface area contributed by atoms with E-state index in [0.29, 0.717) is 39.0 Å². The van der Waals surface area contributed by atoms with Gasteiger partial charge in [-0.1, -0.05) is 0 Å². The van der Waals surface area contributed by atoms with Crippen LogP contribution in [0.2, 0.25) is 0 Å². The Balaban J connectivity index is 1.93. The Morgan fingerprint density at radius 1 is 1.29 bits per heavy atom. The smallest absolute Gasteiger partial charge is 0.245 e. The monoisotopic (exact) mass is 239 g/mol. The van der Waals surface area contributed by atoms with Crippen molar-refractivity contribution < 1.29 is 14.4 Å². The van der Waals surface area contributed by atoms with Crippen molar-refractivity contribution in [1.82, 2.24) is 14.7 Å². The first-order valence-corrected chi connectivity index (χ1v) is 5.87. The second-order valence-corrected chi connectivity index (χ2v) is 4.53. The van der Waals surface area contributed by atoms with Gasteiger partial charge < -0.3 is 14.7 Å². The van der Waals surface area contributed by atoms with Crippen molar-refractivity contribution in [2.75, 3.05) is 33.2 Å². The van der Waals surface area contributed by atoms with Gasteiger partial charge in [0, 0.05) is 39.6 Å². The third kappa shape index (κ3) is 2.25. The summed E-state index contributed by atoms with van der Waals surface area (Å²) >= 11 is 0. The molecule has 2 fully saturated rings. The van der Waals surface area contributed by atoms with Crippen molar-refractivity contribution in [1.29, 1.82) is 0 Å². The number of carbonyl (C=O) groups excluding carboxylic acids is 3. The van der Waals surface area contributed by atoms with E-state index in [-0.39, 0.29) is 17.9 Å². The molecule has 2 aliphatic rings. The number of hydrogen-bond acceptors (Lipinski definition) is 3. The van der Waals surface area contributed by atoms with Crippen LogP contribution in [0.3, 0.4) is 0 Å². The molecule has 0 radical (unpaired) electrons. The van der Waals surface area contributed by atoms with Crippen molar-refractivity contribution in [3.8, 4) is 0 Å². The molecule has 3 amide bonds. The summed E-state index contributed by atoms with van der Waals surface area (Å²) in [7, 11) is 1.68. The van der Waals surface area contributed by atoms with Gasteiger partial charge >= 0.3 is 0 Å². The molecule has 1 atom stereocenters. The minimum Gasteiger partial charge on any atom is -0.342 e. The third-order valence-electron chi connectivity index (χ3n) is 3.55. The van der Waals surface area contributed by atoms with Crippen LogP contribution in [-0.2, 0) is 14.4 Å². The molecule has 2 heterocycles. The van der Waals surface area contributed by atoms with Crippen molar-refractivity contribution in [2.45, 2.75) is 18.9 Å². The summed E-state index contributed by atoms with van der Waals surface area (Å²) in [5.74, 6) is 0.0544. The van der Waals surface area contributed by atoms with Crippen LogP contribution in [0.15, 0.2) is 0 Å². The number of piperazine rings is 1.